The van der Waals surface area contributed by atoms with Crippen LogP contribution in [0, 0.1) is 33.5 Å². The number of hydrogen-bond donors (Lipinski definition) is 2. The molecule has 62 heavy (non-hydrogen) atoms. The maximum Gasteiger partial charge on any atom is 0.573 e. The van der Waals surface area contributed by atoms with E-state index in [0.29, 0.717) is 49.7 Å². The summed E-state index contributed by atoms with van der Waals surface area (Å²) in [6.07, 6.45) is -1.62. The molecule has 3 saturated carbocycles. The molecule has 2 bridgehead atoms. The molecule has 326 valence electrons. The van der Waals surface area contributed by atoms with E-state index in [2.05, 4.69) is 23.8 Å². The number of rotatable bonds is 8. The van der Waals surface area contributed by atoms with Crippen LogP contribution in [0.15, 0.2) is 115 Å². The Labute approximate surface area is 355 Å². The molecule has 13 heteroatoms. The van der Waals surface area contributed by atoms with Crippen LogP contribution in [0.4, 0.5) is 31.1 Å². The van der Waals surface area contributed by atoms with Gasteiger partial charge in [-0.3, -0.25) is 4.79 Å². The lowest BCUT2D eigenvalue weighted by Gasteiger charge is -2.71. The third-order valence-electron chi connectivity index (χ3n) is 15.6. The second kappa shape index (κ2) is 14.5. The van der Waals surface area contributed by atoms with Crippen molar-refractivity contribution in [2.24, 2.45) is 33.5 Å². The lowest BCUT2D eigenvalue weighted by atomic mass is 9.32. The van der Waals surface area contributed by atoms with E-state index in [1.165, 1.54) is 29.2 Å². The minimum Gasteiger partial charge on any atom is -0.410 e. The fraction of sp³-hybridized carbons (Fsp3) is 0.429. The number of hydrogen-bond acceptors (Lipinski definition) is 6. The summed E-state index contributed by atoms with van der Waals surface area (Å²) in [5.41, 5.74) is -4.84. The summed E-state index contributed by atoms with van der Waals surface area (Å²) in [6, 6.07) is 22.3. The van der Waals surface area contributed by atoms with Crippen LogP contribution in [0.5, 0.6) is 11.5 Å². The molecular formula is C49H47F6NO6. The van der Waals surface area contributed by atoms with Crippen molar-refractivity contribution in [3.05, 3.63) is 131 Å². The number of fused-ring (bicyclic) bond motifs is 2. The molecule has 0 radical (unpaired) electrons. The number of carbonyl (C=O) groups excluding carboxylic acids is 2. The van der Waals surface area contributed by atoms with Crippen LogP contribution in [0.2, 0.25) is 0 Å². The van der Waals surface area contributed by atoms with Crippen molar-refractivity contribution in [3.63, 3.8) is 0 Å². The summed E-state index contributed by atoms with van der Waals surface area (Å²) in [4.78, 5) is 30.6. The largest absolute Gasteiger partial charge is 0.573 e. The van der Waals surface area contributed by atoms with Crippen molar-refractivity contribution in [2.45, 2.75) is 89.6 Å². The number of ketones is 1. The second-order valence-electron chi connectivity index (χ2n) is 18.6. The number of aliphatic hydroxyl groups is 2. The lowest BCUT2D eigenvalue weighted by molar-refractivity contribution is -0.274. The molecule has 3 fully saturated rings. The van der Waals surface area contributed by atoms with Gasteiger partial charge < -0.3 is 24.6 Å². The zero-order valence-corrected chi connectivity index (χ0v) is 34.2. The first kappa shape index (κ1) is 42.2. The van der Waals surface area contributed by atoms with Crippen LogP contribution in [0.25, 0.3) is 10.8 Å². The minimum atomic E-state index is -4.90. The number of Topliss-reactive ketones (excluding diaryl/α,β-unsaturated/α-hetero) is 1. The van der Waals surface area contributed by atoms with Crippen molar-refractivity contribution >= 4 is 22.6 Å². The predicted molar refractivity (Wildman–Crippen MR) is 218 cm³/mol. The number of amides is 1. The molecule has 4 aromatic rings. The van der Waals surface area contributed by atoms with Crippen LogP contribution in [-0.2, 0) is 12.7 Å². The van der Waals surface area contributed by atoms with Gasteiger partial charge in [0.05, 0.1) is 23.8 Å². The molecule has 8 unspecified atom stereocenters. The molecule has 10 rings (SSSR count). The summed E-state index contributed by atoms with van der Waals surface area (Å²) in [5, 5.41) is 25.9. The van der Waals surface area contributed by atoms with Crippen LogP contribution in [-0.4, -0.2) is 51.6 Å². The maximum atomic E-state index is 14.9. The molecule has 0 aromatic heterocycles. The van der Waals surface area contributed by atoms with Gasteiger partial charge >= 0.3 is 18.6 Å². The number of aliphatic hydroxyl groups excluding tert-OH is 1. The van der Waals surface area contributed by atoms with Crippen LogP contribution >= 0.6 is 0 Å². The van der Waals surface area contributed by atoms with Crippen molar-refractivity contribution in [2.75, 3.05) is 6.54 Å². The normalized spacial score (nSPS) is 32.4. The molecule has 0 heterocycles. The molecule has 1 amide bonds. The van der Waals surface area contributed by atoms with E-state index in [9.17, 15) is 46.1 Å². The molecule has 8 atom stereocenters. The van der Waals surface area contributed by atoms with E-state index in [0.717, 1.165) is 35.0 Å². The third kappa shape index (κ3) is 6.72. The summed E-state index contributed by atoms with van der Waals surface area (Å²) >= 11 is 0. The molecule has 6 aliphatic carbocycles. The van der Waals surface area contributed by atoms with E-state index < -0.39 is 75.0 Å². The average molecular weight is 860 g/mol. The van der Waals surface area contributed by atoms with Gasteiger partial charge in [-0.2, -0.15) is 13.2 Å². The molecule has 6 aliphatic rings. The standard InChI is InChI=1S/C49H47F6NO6/c1-43-19-16-35(57)26-45(43)22-23-47(38(27-45)41(58)33-8-5-9-34(24-33)48(50,51)52)39(43)17-20-44(2)40(47)18-21-46(44,60)29-56(28-30-10-13-36(14-11-30)62-49(53,54)55)42(59)61-37-15-12-31-6-3-4-7-32(31)25-37/h3-15,22-25,27,35,39-40,57,60H,16-21,26,28-29H2,1-2H3. The van der Waals surface area contributed by atoms with Gasteiger partial charge in [-0.15, -0.1) is 13.2 Å². The third-order valence-corrected chi connectivity index (χ3v) is 15.6. The Morgan fingerprint density at radius 1 is 0.774 bits per heavy atom. The lowest BCUT2D eigenvalue weighted by Crippen LogP contribution is -2.67. The van der Waals surface area contributed by atoms with Gasteiger partial charge in [0, 0.05) is 33.9 Å². The highest BCUT2D eigenvalue weighted by Gasteiger charge is 2.74. The molecule has 2 N–H and O–H groups in total. The highest BCUT2D eigenvalue weighted by Crippen LogP contribution is 2.78. The van der Waals surface area contributed by atoms with Crippen molar-refractivity contribution < 1.29 is 55.6 Å². The van der Waals surface area contributed by atoms with Crippen molar-refractivity contribution in [1.82, 2.24) is 4.90 Å². The SMILES string of the molecule is CC12CCC(O)CC13C=CC1(C(C(=O)c4cccc(C(F)(F)F)c4)=C3)C2CCC2(C)C1CCC2(O)CN(Cc1ccc(OC(F)(F)F)cc1)C(=O)Oc1ccc2ccccc2c1. The predicted octanol–water partition coefficient (Wildman–Crippen LogP) is 11.2. The average Bonchev–Trinajstić information content (AvgIpc) is 3.49. The Kier molecular flexibility index (Phi) is 9.83. The first-order valence-electron chi connectivity index (χ1n) is 21.1. The van der Waals surface area contributed by atoms with Gasteiger partial charge in [0.15, 0.2) is 5.78 Å². The Balaban J connectivity index is 1.09. The monoisotopic (exact) mass is 859 g/mol. The van der Waals surface area contributed by atoms with Crippen LogP contribution in [0.3, 0.4) is 0 Å². The molecule has 2 spiro atoms. The number of halogens is 6. The Bertz CT molecular complexity index is 2500. The molecular weight excluding hydrogens is 813 g/mol. The van der Waals surface area contributed by atoms with Gasteiger partial charge in [0.25, 0.3) is 0 Å². The smallest absolute Gasteiger partial charge is 0.410 e. The molecule has 7 nitrogen and oxygen atoms in total. The van der Waals surface area contributed by atoms with Gasteiger partial charge in [0.2, 0.25) is 0 Å². The highest BCUT2D eigenvalue weighted by molar-refractivity contribution is 6.10. The number of allylic oxidation sites excluding steroid dienone is 4. The van der Waals surface area contributed by atoms with E-state index in [1.54, 1.807) is 12.1 Å². The molecule has 0 aliphatic heterocycles. The number of alkyl halides is 6. The number of benzene rings is 4. The maximum absolute atomic E-state index is 14.9. The first-order valence-corrected chi connectivity index (χ1v) is 21.1. The summed E-state index contributed by atoms with van der Waals surface area (Å²) in [7, 11) is 0. The fourth-order valence-electron chi connectivity index (χ4n) is 12.5. The molecule has 4 aromatic carbocycles. The van der Waals surface area contributed by atoms with Crippen LogP contribution < -0.4 is 9.47 Å². The summed E-state index contributed by atoms with van der Waals surface area (Å²) in [6.45, 7) is 3.79. The van der Waals surface area contributed by atoms with Crippen molar-refractivity contribution in [1.29, 1.82) is 0 Å². The fourth-order valence-corrected chi connectivity index (χ4v) is 12.5. The van der Waals surface area contributed by atoms with Crippen LogP contribution in [0.1, 0.15) is 80.3 Å². The van der Waals surface area contributed by atoms with E-state index in [1.807, 2.05) is 43.3 Å². The Hall–Kier alpha value is -5.14. The van der Waals surface area contributed by atoms with Gasteiger partial charge in [-0.05, 0) is 115 Å². The minimum absolute atomic E-state index is 0.0931. The Morgan fingerprint density at radius 2 is 1.45 bits per heavy atom. The number of nitrogens with zero attached hydrogens (tertiary/aromatic N) is 1. The quantitative estimate of drug-likeness (QED) is 0.104. The summed E-state index contributed by atoms with van der Waals surface area (Å²) in [5.74, 6) is -1.25. The molecule has 0 saturated heterocycles. The summed E-state index contributed by atoms with van der Waals surface area (Å²) < 4.78 is 91.0. The number of ether oxygens (including phenoxy) is 2. The van der Waals surface area contributed by atoms with Gasteiger partial charge in [-0.25, -0.2) is 4.79 Å². The number of carbonyl (C=O) groups is 2. The van der Waals surface area contributed by atoms with Crippen molar-refractivity contribution in [3.8, 4) is 11.5 Å². The van der Waals surface area contributed by atoms with E-state index >= 15 is 0 Å². The van der Waals surface area contributed by atoms with Gasteiger partial charge in [-0.1, -0.05) is 86.7 Å². The first-order chi connectivity index (χ1) is 29.2. The van der Waals surface area contributed by atoms with E-state index in [4.69, 9.17) is 4.74 Å². The van der Waals surface area contributed by atoms with E-state index in [-0.39, 0.29) is 36.7 Å². The highest BCUT2D eigenvalue weighted by atomic mass is 19.4. The zero-order valence-electron chi connectivity index (χ0n) is 34.2. The Morgan fingerprint density at radius 3 is 2.18 bits per heavy atom. The zero-order chi connectivity index (χ0) is 44.1. The van der Waals surface area contributed by atoms with Gasteiger partial charge in [0.1, 0.15) is 11.5 Å². The second-order valence-corrected chi connectivity index (χ2v) is 18.6. The topological polar surface area (TPSA) is 96.3 Å².